The Morgan fingerprint density at radius 3 is 2.29 bits per heavy atom. The maximum absolute atomic E-state index is 12.9. The first-order chi connectivity index (χ1) is 15.1. The summed E-state index contributed by atoms with van der Waals surface area (Å²) in [4.78, 5) is 17.6. The van der Waals surface area contributed by atoms with Gasteiger partial charge in [-0.05, 0) is 38.1 Å². The first-order valence-corrected chi connectivity index (χ1v) is 11.3. The van der Waals surface area contributed by atoms with Crippen LogP contribution in [0, 0.1) is 0 Å². The molecule has 2 heterocycles. The van der Waals surface area contributed by atoms with Crippen LogP contribution in [0.5, 0.6) is 5.75 Å². The van der Waals surface area contributed by atoms with Gasteiger partial charge in [0.25, 0.3) is 5.56 Å². The minimum atomic E-state index is -0.158. The van der Waals surface area contributed by atoms with E-state index in [2.05, 4.69) is 21.9 Å². The van der Waals surface area contributed by atoms with Gasteiger partial charge in [0.15, 0.2) is 0 Å². The average Bonchev–Trinajstić information content (AvgIpc) is 3.05. The standard InChI is InChI=1S/C24H29ClN4O2/c1-3-28-21(23(25)24(30)29(28)19-10-6-5-7-11-19)18-26-14-16-27(17-15-26)20-12-8-9-13-22(20)31-4-2/h5-13H,3-4,14-18H2,1-2H3. The number of rotatable bonds is 7. The fourth-order valence-corrected chi connectivity index (χ4v) is 4.46. The summed E-state index contributed by atoms with van der Waals surface area (Å²) < 4.78 is 9.49. The van der Waals surface area contributed by atoms with E-state index in [1.807, 2.05) is 61.0 Å². The van der Waals surface area contributed by atoms with E-state index in [0.29, 0.717) is 24.7 Å². The maximum Gasteiger partial charge on any atom is 0.290 e. The summed E-state index contributed by atoms with van der Waals surface area (Å²) in [5.41, 5.74) is 2.69. The van der Waals surface area contributed by atoms with Crippen LogP contribution in [0.2, 0.25) is 5.02 Å². The molecule has 1 fully saturated rings. The van der Waals surface area contributed by atoms with Gasteiger partial charge in [-0.15, -0.1) is 0 Å². The fourth-order valence-electron chi connectivity index (χ4n) is 4.22. The molecule has 1 saturated heterocycles. The number of ether oxygens (including phenoxy) is 1. The minimum Gasteiger partial charge on any atom is -0.492 e. The second-order valence-electron chi connectivity index (χ2n) is 7.59. The van der Waals surface area contributed by atoms with E-state index in [9.17, 15) is 4.79 Å². The lowest BCUT2D eigenvalue weighted by atomic mass is 10.2. The number of hydrogen-bond donors (Lipinski definition) is 0. The molecule has 3 aromatic rings. The third-order valence-corrected chi connectivity index (χ3v) is 6.12. The van der Waals surface area contributed by atoms with Gasteiger partial charge in [0.2, 0.25) is 0 Å². The molecule has 2 aromatic carbocycles. The molecule has 0 saturated carbocycles. The van der Waals surface area contributed by atoms with Gasteiger partial charge in [0.1, 0.15) is 10.8 Å². The molecule has 1 aliphatic rings. The van der Waals surface area contributed by atoms with Crippen molar-refractivity contribution in [2.24, 2.45) is 0 Å². The van der Waals surface area contributed by atoms with Crippen LogP contribution in [-0.4, -0.2) is 47.0 Å². The molecular weight excluding hydrogens is 412 g/mol. The van der Waals surface area contributed by atoms with Crippen molar-refractivity contribution >= 4 is 17.3 Å². The van der Waals surface area contributed by atoms with Crippen molar-refractivity contribution in [3.05, 3.63) is 75.7 Å². The van der Waals surface area contributed by atoms with Crippen LogP contribution >= 0.6 is 11.6 Å². The van der Waals surface area contributed by atoms with Gasteiger partial charge in [-0.3, -0.25) is 14.4 Å². The Morgan fingerprint density at radius 2 is 1.61 bits per heavy atom. The van der Waals surface area contributed by atoms with Crippen LogP contribution in [0.1, 0.15) is 19.5 Å². The molecule has 6 nitrogen and oxygen atoms in total. The number of nitrogens with zero attached hydrogens (tertiary/aromatic N) is 4. The number of benzene rings is 2. The van der Waals surface area contributed by atoms with E-state index in [1.54, 1.807) is 4.68 Å². The molecule has 0 spiro atoms. The molecule has 0 amide bonds. The van der Waals surface area contributed by atoms with Gasteiger partial charge in [-0.25, -0.2) is 4.68 Å². The van der Waals surface area contributed by atoms with Crippen molar-refractivity contribution in [3.8, 4) is 11.4 Å². The molecule has 0 radical (unpaired) electrons. The van der Waals surface area contributed by atoms with Gasteiger partial charge < -0.3 is 9.64 Å². The number of hydrogen-bond acceptors (Lipinski definition) is 4. The zero-order valence-electron chi connectivity index (χ0n) is 18.1. The lowest BCUT2D eigenvalue weighted by Crippen LogP contribution is -2.46. The lowest BCUT2D eigenvalue weighted by Gasteiger charge is -2.36. The van der Waals surface area contributed by atoms with Crippen molar-refractivity contribution in [2.45, 2.75) is 26.9 Å². The summed E-state index contributed by atoms with van der Waals surface area (Å²) in [6.07, 6.45) is 0. The second kappa shape index (κ2) is 9.62. The Bertz CT molecular complexity index is 1070. The van der Waals surface area contributed by atoms with E-state index in [1.165, 1.54) is 0 Å². The second-order valence-corrected chi connectivity index (χ2v) is 7.97. The molecule has 0 atom stereocenters. The minimum absolute atomic E-state index is 0.158. The summed E-state index contributed by atoms with van der Waals surface area (Å²) in [6, 6.07) is 17.9. The molecule has 1 aromatic heterocycles. The largest absolute Gasteiger partial charge is 0.492 e. The van der Waals surface area contributed by atoms with Gasteiger partial charge in [-0.2, -0.15) is 0 Å². The SMILES string of the molecule is CCOc1ccccc1N1CCN(Cc2c(Cl)c(=O)n(-c3ccccc3)n2CC)CC1. The highest BCUT2D eigenvalue weighted by atomic mass is 35.5. The Balaban J connectivity index is 1.51. The summed E-state index contributed by atoms with van der Waals surface area (Å²) >= 11 is 6.54. The molecule has 0 bridgehead atoms. The van der Waals surface area contributed by atoms with E-state index >= 15 is 0 Å². The maximum atomic E-state index is 12.9. The highest BCUT2D eigenvalue weighted by Gasteiger charge is 2.24. The average molecular weight is 441 g/mol. The molecular formula is C24H29ClN4O2. The molecule has 0 unspecified atom stereocenters. The number of para-hydroxylation sites is 3. The fraction of sp³-hybridized carbons (Fsp3) is 0.375. The van der Waals surface area contributed by atoms with Crippen molar-refractivity contribution < 1.29 is 4.74 Å². The van der Waals surface area contributed by atoms with Gasteiger partial charge in [0.05, 0.1) is 23.7 Å². The highest BCUT2D eigenvalue weighted by molar-refractivity contribution is 6.31. The van der Waals surface area contributed by atoms with Crippen LogP contribution in [0.3, 0.4) is 0 Å². The summed E-state index contributed by atoms with van der Waals surface area (Å²) in [6.45, 7) is 9.62. The molecule has 0 N–H and O–H groups in total. The van der Waals surface area contributed by atoms with Crippen LogP contribution < -0.4 is 15.2 Å². The van der Waals surface area contributed by atoms with Crippen molar-refractivity contribution in [3.63, 3.8) is 0 Å². The molecule has 7 heteroatoms. The molecule has 1 aliphatic heterocycles. The van der Waals surface area contributed by atoms with E-state index in [-0.39, 0.29) is 5.56 Å². The summed E-state index contributed by atoms with van der Waals surface area (Å²) in [7, 11) is 0. The molecule has 0 aliphatic carbocycles. The van der Waals surface area contributed by atoms with Gasteiger partial charge in [0, 0.05) is 39.3 Å². The molecule has 31 heavy (non-hydrogen) atoms. The summed E-state index contributed by atoms with van der Waals surface area (Å²) in [5, 5.41) is 0.315. The van der Waals surface area contributed by atoms with E-state index in [4.69, 9.17) is 16.3 Å². The van der Waals surface area contributed by atoms with Crippen molar-refractivity contribution in [1.82, 2.24) is 14.3 Å². The van der Waals surface area contributed by atoms with E-state index < -0.39 is 0 Å². The lowest BCUT2D eigenvalue weighted by molar-refractivity contribution is 0.240. The Labute approximate surface area is 188 Å². The number of anilines is 1. The molecule has 4 rings (SSSR count). The predicted octanol–water partition coefficient (Wildman–Crippen LogP) is 4.03. The Morgan fingerprint density at radius 1 is 0.935 bits per heavy atom. The first kappa shape index (κ1) is 21.5. The third-order valence-electron chi connectivity index (χ3n) is 5.74. The number of piperazine rings is 1. The number of halogens is 1. The van der Waals surface area contributed by atoms with E-state index in [0.717, 1.165) is 49.0 Å². The Hall–Kier alpha value is -2.70. The zero-order chi connectivity index (χ0) is 21.8. The highest BCUT2D eigenvalue weighted by Crippen LogP contribution is 2.29. The van der Waals surface area contributed by atoms with Crippen molar-refractivity contribution in [1.29, 1.82) is 0 Å². The third kappa shape index (κ3) is 4.36. The van der Waals surface area contributed by atoms with Crippen molar-refractivity contribution in [2.75, 3.05) is 37.7 Å². The van der Waals surface area contributed by atoms with Crippen LogP contribution in [-0.2, 0) is 13.1 Å². The monoisotopic (exact) mass is 440 g/mol. The van der Waals surface area contributed by atoms with Gasteiger partial charge in [-0.1, -0.05) is 41.9 Å². The van der Waals surface area contributed by atoms with Crippen LogP contribution in [0.15, 0.2) is 59.4 Å². The smallest absolute Gasteiger partial charge is 0.290 e. The Kier molecular flexibility index (Phi) is 6.68. The molecule has 164 valence electrons. The normalized spacial score (nSPS) is 14.7. The first-order valence-electron chi connectivity index (χ1n) is 10.9. The van der Waals surface area contributed by atoms with Crippen LogP contribution in [0.25, 0.3) is 5.69 Å². The van der Waals surface area contributed by atoms with Gasteiger partial charge >= 0.3 is 0 Å². The topological polar surface area (TPSA) is 42.6 Å². The quantitative estimate of drug-likeness (QED) is 0.556. The number of aromatic nitrogens is 2. The summed E-state index contributed by atoms with van der Waals surface area (Å²) in [5.74, 6) is 0.932. The zero-order valence-corrected chi connectivity index (χ0v) is 18.9. The van der Waals surface area contributed by atoms with Crippen LogP contribution in [0.4, 0.5) is 5.69 Å². The predicted molar refractivity (Wildman–Crippen MR) is 126 cm³/mol.